The highest BCUT2D eigenvalue weighted by atomic mass is 79.9. The number of amides is 1. The lowest BCUT2D eigenvalue weighted by molar-refractivity contribution is 0.0706. The molecule has 1 unspecified atom stereocenters. The predicted octanol–water partition coefficient (Wildman–Crippen LogP) is 3.85. The zero-order valence-corrected chi connectivity index (χ0v) is 13.0. The van der Waals surface area contributed by atoms with Crippen molar-refractivity contribution < 1.29 is 4.79 Å². The lowest BCUT2D eigenvalue weighted by Crippen LogP contribution is -2.38. The van der Waals surface area contributed by atoms with Gasteiger partial charge in [-0.25, -0.2) is 0 Å². The molecule has 0 spiro atoms. The van der Waals surface area contributed by atoms with Crippen LogP contribution >= 0.6 is 28.6 Å². The van der Waals surface area contributed by atoms with Crippen molar-refractivity contribution in [3.8, 4) is 0 Å². The fourth-order valence-corrected chi connectivity index (χ4v) is 2.12. The summed E-state index contributed by atoms with van der Waals surface area (Å²) in [6.07, 6.45) is 0. The molecule has 0 aliphatic carbocycles. The molecule has 0 aliphatic heterocycles. The van der Waals surface area contributed by atoms with Gasteiger partial charge in [0.1, 0.15) is 0 Å². The van der Waals surface area contributed by atoms with Crippen LogP contribution < -0.4 is 0 Å². The summed E-state index contributed by atoms with van der Waals surface area (Å²) in [6.45, 7) is 6.28. The molecule has 0 saturated carbocycles. The SMILES string of the molecule is CC(C)C(C)N(C)C(=O)c1cc(S)ccc1Br. The fraction of sp³-hybridized carbons (Fsp3) is 0.462. The third-order valence-electron chi connectivity index (χ3n) is 3.08. The van der Waals surface area contributed by atoms with E-state index in [0.29, 0.717) is 11.5 Å². The van der Waals surface area contributed by atoms with Crippen molar-refractivity contribution in [2.24, 2.45) is 5.92 Å². The van der Waals surface area contributed by atoms with Gasteiger partial charge in [-0.1, -0.05) is 13.8 Å². The van der Waals surface area contributed by atoms with E-state index in [2.05, 4.69) is 49.3 Å². The second kappa shape index (κ2) is 5.91. The minimum absolute atomic E-state index is 0.0222. The highest BCUT2D eigenvalue weighted by Crippen LogP contribution is 2.23. The monoisotopic (exact) mass is 315 g/mol. The van der Waals surface area contributed by atoms with Crippen LogP contribution in [-0.4, -0.2) is 23.9 Å². The van der Waals surface area contributed by atoms with Crippen LogP contribution in [0.2, 0.25) is 0 Å². The summed E-state index contributed by atoms with van der Waals surface area (Å²) < 4.78 is 0.808. The number of halogens is 1. The normalized spacial score (nSPS) is 12.6. The van der Waals surface area contributed by atoms with Crippen molar-refractivity contribution in [2.75, 3.05) is 7.05 Å². The van der Waals surface area contributed by atoms with Crippen molar-refractivity contribution in [3.05, 3.63) is 28.2 Å². The van der Waals surface area contributed by atoms with Gasteiger partial charge in [-0.2, -0.15) is 0 Å². The highest BCUT2D eigenvalue weighted by molar-refractivity contribution is 9.10. The average Bonchev–Trinajstić information content (AvgIpc) is 2.29. The molecule has 0 saturated heterocycles. The molecular weight excluding hydrogens is 298 g/mol. The summed E-state index contributed by atoms with van der Waals surface area (Å²) in [5.74, 6) is 0.455. The van der Waals surface area contributed by atoms with Gasteiger partial charge < -0.3 is 4.90 Å². The Morgan fingerprint density at radius 3 is 2.47 bits per heavy atom. The van der Waals surface area contributed by atoms with Gasteiger partial charge in [0, 0.05) is 22.5 Å². The van der Waals surface area contributed by atoms with Crippen LogP contribution in [0.25, 0.3) is 0 Å². The summed E-state index contributed by atoms with van der Waals surface area (Å²) in [4.78, 5) is 14.9. The molecule has 94 valence electrons. The number of hydrogen-bond acceptors (Lipinski definition) is 2. The van der Waals surface area contributed by atoms with Crippen LogP contribution in [0.5, 0.6) is 0 Å². The Hall–Kier alpha value is -0.480. The van der Waals surface area contributed by atoms with E-state index in [9.17, 15) is 4.79 Å². The number of carbonyl (C=O) groups is 1. The number of carbonyl (C=O) groups excluding carboxylic acids is 1. The smallest absolute Gasteiger partial charge is 0.255 e. The number of benzene rings is 1. The Morgan fingerprint density at radius 1 is 1.35 bits per heavy atom. The van der Waals surface area contributed by atoms with Gasteiger partial charge in [0.05, 0.1) is 5.56 Å². The molecular formula is C13H18BrNOS. The van der Waals surface area contributed by atoms with Crippen LogP contribution in [-0.2, 0) is 0 Å². The highest BCUT2D eigenvalue weighted by Gasteiger charge is 2.21. The van der Waals surface area contributed by atoms with E-state index in [4.69, 9.17) is 0 Å². The first-order valence-electron chi connectivity index (χ1n) is 5.60. The minimum Gasteiger partial charge on any atom is -0.339 e. The molecule has 1 aromatic rings. The Kier molecular flexibility index (Phi) is 5.07. The second-order valence-corrected chi connectivity index (χ2v) is 5.94. The van der Waals surface area contributed by atoms with E-state index >= 15 is 0 Å². The Bertz CT molecular complexity index is 420. The van der Waals surface area contributed by atoms with Crippen LogP contribution in [0, 0.1) is 5.92 Å². The molecule has 0 bridgehead atoms. The largest absolute Gasteiger partial charge is 0.339 e. The number of nitrogens with zero attached hydrogens (tertiary/aromatic N) is 1. The van der Waals surface area contributed by atoms with E-state index < -0.39 is 0 Å². The van der Waals surface area contributed by atoms with Gasteiger partial charge in [0.25, 0.3) is 5.91 Å². The summed E-state index contributed by atoms with van der Waals surface area (Å²) >= 11 is 7.67. The number of rotatable bonds is 3. The summed E-state index contributed by atoms with van der Waals surface area (Å²) in [5.41, 5.74) is 0.660. The molecule has 17 heavy (non-hydrogen) atoms. The molecule has 0 radical (unpaired) electrons. The van der Waals surface area contributed by atoms with Crippen LogP contribution in [0.4, 0.5) is 0 Å². The van der Waals surface area contributed by atoms with Crippen molar-refractivity contribution >= 4 is 34.5 Å². The van der Waals surface area contributed by atoms with Crippen molar-refractivity contribution in [3.63, 3.8) is 0 Å². The quantitative estimate of drug-likeness (QED) is 0.840. The molecule has 1 aromatic carbocycles. The van der Waals surface area contributed by atoms with E-state index in [-0.39, 0.29) is 11.9 Å². The lowest BCUT2D eigenvalue weighted by Gasteiger charge is -2.28. The Labute approximate surface area is 117 Å². The molecule has 1 rings (SSSR count). The molecule has 0 N–H and O–H groups in total. The lowest BCUT2D eigenvalue weighted by atomic mass is 10.0. The molecule has 0 fully saturated rings. The van der Waals surface area contributed by atoms with Gasteiger partial charge >= 0.3 is 0 Å². The van der Waals surface area contributed by atoms with Gasteiger partial charge in [-0.3, -0.25) is 4.79 Å². The molecule has 4 heteroatoms. The summed E-state index contributed by atoms with van der Waals surface area (Å²) in [5, 5.41) is 0. The minimum atomic E-state index is 0.0222. The third kappa shape index (κ3) is 3.49. The topological polar surface area (TPSA) is 20.3 Å². The standard InChI is InChI=1S/C13H18BrNOS/c1-8(2)9(3)15(4)13(16)11-7-10(17)5-6-12(11)14/h5-9,17H,1-4H3. The van der Waals surface area contributed by atoms with Crippen LogP contribution in [0.1, 0.15) is 31.1 Å². The van der Waals surface area contributed by atoms with Crippen LogP contribution in [0.3, 0.4) is 0 Å². The molecule has 1 atom stereocenters. The van der Waals surface area contributed by atoms with Crippen molar-refractivity contribution in [1.29, 1.82) is 0 Å². The maximum absolute atomic E-state index is 12.3. The maximum Gasteiger partial charge on any atom is 0.255 e. The van der Waals surface area contributed by atoms with Gasteiger partial charge in [-0.15, -0.1) is 12.6 Å². The van der Waals surface area contributed by atoms with E-state index in [1.54, 1.807) is 11.0 Å². The Morgan fingerprint density at radius 2 is 1.94 bits per heavy atom. The van der Waals surface area contributed by atoms with E-state index in [0.717, 1.165) is 9.37 Å². The van der Waals surface area contributed by atoms with Crippen LogP contribution in [0.15, 0.2) is 27.6 Å². The number of hydrogen-bond donors (Lipinski definition) is 1. The Balaban J connectivity index is 3.00. The van der Waals surface area contributed by atoms with Gasteiger partial charge in [-0.05, 0) is 47.0 Å². The van der Waals surface area contributed by atoms with Gasteiger partial charge in [0.2, 0.25) is 0 Å². The molecule has 0 aromatic heterocycles. The first kappa shape index (κ1) is 14.6. The van der Waals surface area contributed by atoms with Crippen molar-refractivity contribution in [1.82, 2.24) is 4.90 Å². The predicted molar refractivity (Wildman–Crippen MR) is 77.8 cm³/mol. The second-order valence-electron chi connectivity index (χ2n) is 4.56. The molecule has 0 aliphatic rings. The van der Waals surface area contributed by atoms with E-state index in [1.807, 2.05) is 19.2 Å². The number of thiol groups is 1. The summed E-state index contributed by atoms with van der Waals surface area (Å²) in [6, 6.07) is 5.70. The maximum atomic E-state index is 12.3. The van der Waals surface area contributed by atoms with Gasteiger partial charge in [0.15, 0.2) is 0 Å². The third-order valence-corrected chi connectivity index (χ3v) is 4.05. The zero-order valence-electron chi connectivity index (χ0n) is 10.6. The molecule has 1 amide bonds. The van der Waals surface area contributed by atoms with E-state index in [1.165, 1.54) is 0 Å². The first-order valence-corrected chi connectivity index (χ1v) is 6.84. The average molecular weight is 316 g/mol. The zero-order chi connectivity index (χ0) is 13.2. The molecule has 0 heterocycles. The van der Waals surface area contributed by atoms with Crippen molar-refractivity contribution in [2.45, 2.75) is 31.7 Å². The molecule has 2 nitrogen and oxygen atoms in total. The summed E-state index contributed by atoms with van der Waals surface area (Å²) in [7, 11) is 1.84. The first-order chi connectivity index (χ1) is 7.84. The fourth-order valence-electron chi connectivity index (χ4n) is 1.50.